The number of amides is 1. The minimum Gasteiger partial charge on any atom is -0.467 e. The summed E-state index contributed by atoms with van der Waals surface area (Å²) in [4.78, 5) is 54.7. The van der Waals surface area contributed by atoms with Crippen LogP contribution in [0, 0.1) is 18.6 Å². The second-order valence-electron chi connectivity index (χ2n) is 11.7. The number of methoxy groups -OCH3 is 1. The van der Waals surface area contributed by atoms with Gasteiger partial charge in [0.25, 0.3) is 5.91 Å². The number of ketones is 1. The molecule has 2 heterocycles. The average Bonchev–Trinajstić information content (AvgIpc) is 3.43. The van der Waals surface area contributed by atoms with Gasteiger partial charge in [-0.05, 0) is 63.4 Å². The Labute approximate surface area is 268 Å². The molecule has 0 unspecified atom stereocenters. The van der Waals surface area contributed by atoms with Crippen molar-refractivity contribution in [2.24, 2.45) is 0 Å². The summed E-state index contributed by atoms with van der Waals surface area (Å²) in [5.74, 6) is -2.84. The highest BCUT2D eigenvalue weighted by Crippen LogP contribution is 2.35. The lowest BCUT2D eigenvalue weighted by Gasteiger charge is -2.20. The number of aromatic nitrogens is 1. The summed E-state index contributed by atoms with van der Waals surface area (Å²) in [7, 11) is 1.18. The Bertz CT molecular complexity index is 1780. The number of halogens is 2. The van der Waals surface area contributed by atoms with Gasteiger partial charge in [-0.15, -0.1) is 11.3 Å². The number of hydrogen-bond donors (Lipinski definition) is 1. The van der Waals surface area contributed by atoms with E-state index in [-0.39, 0.29) is 53.2 Å². The van der Waals surface area contributed by atoms with Crippen molar-refractivity contribution < 1.29 is 42.2 Å². The summed E-state index contributed by atoms with van der Waals surface area (Å²) in [6.45, 7) is 6.98. The third-order valence-electron chi connectivity index (χ3n) is 6.68. The summed E-state index contributed by atoms with van der Waals surface area (Å²) < 4.78 is 45.6. The zero-order chi connectivity index (χ0) is 33.6. The molecule has 9 nitrogen and oxygen atoms in total. The van der Waals surface area contributed by atoms with Crippen LogP contribution < -0.4 is 10.1 Å². The number of esters is 2. The third kappa shape index (κ3) is 9.16. The number of nitrogens with one attached hydrogen (secondary N) is 1. The maximum absolute atomic E-state index is 15.0. The predicted octanol–water partition coefficient (Wildman–Crippen LogP) is 6.42. The first kappa shape index (κ1) is 34.2. The van der Waals surface area contributed by atoms with Gasteiger partial charge in [-0.3, -0.25) is 19.4 Å². The fraction of sp³-hybridized carbons (Fsp3) is 0.324. The van der Waals surface area contributed by atoms with Crippen LogP contribution in [0.1, 0.15) is 60.0 Å². The van der Waals surface area contributed by atoms with Crippen LogP contribution in [-0.2, 0) is 36.7 Å². The number of thiophene rings is 1. The Balaban J connectivity index is 1.44. The number of Topliss-reactive ketones (excluding diaryl/α,β-unsaturated/α-hetero) is 1. The van der Waals surface area contributed by atoms with Gasteiger partial charge in [0.2, 0.25) is 0 Å². The summed E-state index contributed by atoms with van der Waals surface area (Å²) in [5, 5.41) is 2.61. The van der Waals surface area contributed by atoms with Gasteiger partial charge in [0.05, 0.1) is 22.2 Å². The van der Waals surface area contributed by atoms with E-state index in [0.29, 0.717) is 16.0 Å². The molecular weight excluding hydrogens is 618 g/mol. The Morgan fingerprint density at radius 3 is 2.39 bits per heavy atom. The summed E-state index contributed by atoms with van der Waals surface area (Å²) in [6.07, 6.45) is 0.961. The van der Waals surface area contributed by atoms with Crippen molar-refractivity contribution in [3.05, 3.63) is 87.9 Å². The Morgan fingerprint density at radius 2 is 1.70 bits per heavy atom. The molecule has 0 aliphatic carbocycles. The van der Waals surface area contributed by atoms with Gasteiger partial charge >= 0.3 is 11.9 Å². The van der Waals surface area contributed by atoms with E-state index < -0.39 is 41.1 Å². The first-order valence-corrected chi connectivity index (χ1v) is 15.3. The monoisotopic (exact) mass is 652 g/mol. The molecule has 12 heteroatoms. The predicted molar refractivity (Wildman–Crippen MR) is 168 cm³/mol. The Kier molecular flexibility index (Phi) is 10.8. The van der Waals surface area contributed by atoms with E-state index in [9.17, 15) is 28.0 Å². The number of ether oxygens (including phenoxy) is 3. The fourth-order valence-corrected chi connectivity index (χ4v) is 5.54. The maximum atomic E-state index is 15.0. The summed E-state index contributed by atoms with van der Waals surface area (Å²) in [5.41, 5.74) is 0.967. The molecule has 0 aliphatic rings. The van der Waals surface area contributed by atoms with Gasteiger partial charge in [0.1, 0.15) is 40.6 Å². The Hall–Kier alpha value is -4.71. The molecule has 242 valence electrons. The molecule has 2 aromatic carbocycles. The maximum Gasteiger partial charge on any atom is 0.328 e. The van der Waals surface area contributed by atoms with Crippen LogP contribution in [0.3, 0.4) is 0 Å². The number of rotatable bonds is 12. The smallest absolute Gasteiger partial charge is 0.328 e. The molecular formula is C34H34F2N2O7S. The molecule has 0 saturated heterocycles. The Morgan fingerprint density at radius 1 is 0.957 bits per heavy atom. The van der Waals surface area contributed by atoms with Gasteiger partial charge < -0.3 is 19.5 Å². The van der Waals surface area contributed by atoms with Gasteiger partial charge in [-0.25, -0.2) is 13.6 Å². The number of carbonyl (C=O) groups excluding carboxylic acids is 4. The number of benzene rings is 2. The number of hydrogen-bond acceptors (Lipinski definition) is 9. The van der Waals surface area contributed by atoms with Crippen LogP contribution in [0.15, 0.2) is 54.7 Å². The topological polar surface area (TPSA) is 121 Å². The van der Waals surface area contributed by atoms with Gasteiger partial charge in [-0.2, -0.15) is 0 Å². The van der Waals surface area contributed by atoms with Crippen LogP contribution in [0.25, 0.3) is 10.2 Å². The molecule has 1 amide bonds. The van der Waals surface area contributed by atoms with Crippen molar-refractivity contribution in [3.63, 3.8) is 0 Å². The van der Waals surface area contributed by atoms with E-state index in [2.05, 4.69) is 10.3 Å². The molecule has 1 N–H and O–H groups in total. The lowest BCUT2D eigenvalue weighted by Crippen LogP contribution is -2.41. The van der Waals surface area contributed by atoms with Crippen molar-refractivity contribution in [2.75, 3.05) is 7.11 Å². The number of fused-ring (bicyclic) bond motifs is 1. The quantitative estimate of drug-likeness (QED) is 0.174. The van der Waals surface area contributed by atoms with Crippen LogP contribution in [0.4, 0.5) is 8.78 Å². The minimum atomic E-state index is -1.09. The lowest BCUT2D eigenvalue weighted by atomic mass is 10.0. The third-order valence-corrected chi connectivity index (χ3v) is 7.81. The molecule has 0 radical (unpaired) electrons. The fourth-order valence-electron chi connectivity index (χ4n) is 4.57. The van der Waals surface area contributed by atoms with Crippen LogP contribution in [0.2, 0.25) is 0 Å². The normalized spacial score (nSPS) is 12.0. The van der Waals surface area contributed by atoms with E-state index >= 15 is 0 Å². The standard InChI is InChI=1S/C34H34F2N2O7S/c1-19-6-9-24(35)21(14-19)16-22(39)15-20-7-8-23(17-25(20)36)44-28-12-13-37-27-18-29(46-31(27)28)32(41)38-26(33(42)43-5)10-11-30(40)45-34(2,3)4/h6-9,12-14,17-18,26H,10-11,15-16H2,1-5H3,(H,38,41)/t26-/m0/s1. The van der Waals surface area contributed by atoms with Gasteiger partial charge in [0, 0.05) is 37.6 Å². The van der Waals surface area contributed by atoms with Crippen LogP contribution in [0.5, 0.6) is 11.5 Å². The number of carbonyl (C=O) groups is 4. The minimum absolute atomic E-state index is 0.0270. The second-order valence-corrected chi connectivity index (χ2v) is 12.7. The molecule has 46 heavy (non-hydrogen) atoms. The highest BCUT2D eigenvalue weighted by atomic mass is 32.1. The molecule has 4 aromatic rings. The molecule has 2 aromatic heterocycles. The average molecular weight is 653 g/mol. The van der Waals surface area contributed by atoms with E-state index in [0.717, 1.165) is 23.0 Å². The first-order chi connectivity index (χ1) is 21.7. The van der Waals surface area contributed by atoms with E-state index in [1.165, 1.54) is 37.6 Å². The largest absolute Gasteiger partial charge is 0.467 e. The highest BCUT2D eigenvalue weighted by molar-refractivity contribution is 7.21. The molecule has 0 aliphatic heterocycles. The number of aryl methyl sites for hydroxylation is 1. The zero-order valence-corrected chi connectivity index (χ0v) is 26.9. The molecule has 0 bridgehead atoms. The lowest BCUT2D eigenvalue weighted by molar-refractivity contribution is -0.155. The molecule has 0 fully saturated rings. The number of nitrogens with zero attached hydrogens (tertiary/aromatic N) is 1. The SMILES string of the molecule is COC(=O)[C@H](CCC(=O)OC(C)(C)C)NC(=O)c1cc2nccc(Oc3ccc(CC(=O)Cc4cc(C)ccc4F)c(F)c3)c2s1. The van der Waals surface area contributed by atoms with Crippen LogP contribution >= 0.6 is 11.3 Å². The molecule has 4 rings (SSSR count). The van der Waals surface area contributed by atoms with E-state index in [1.54, 1.807) is 45.9 Å². The molecule has 0 spiro atoms. The second kappa shape index (κ2) is 14.6. The van der Waals surface area contributed by atoms with Gasteiger partial charge in [-0.1, -0.05) is 23.8 Å². The van der Waals surface area contributed by atoms with Crippen molar-refractivity contribution in [1.29, 1.82) is 0 Å². The van der Waals surface area contributed by atoms with Crippen molar-refractivity contribution in [3.8, 4) is 11.5 Å². The van der Waals surface area contributed by atoms with Crippen molar-refractivity contribution in [2.45, 2.75) is 65.0 Å². The summed E-state index contributed by atoms with van der Waals surface area (Å²) >= 11 is 1.05. The molecule has 1 atom stereocenters. The first-order valence-electron chi connectivity index (χ1n) is 14.4. The zero-order valence-electron chi connectivity index (χ0n) is 26.1. The van der Waals surface area contributed by atoms with E-state index in [4.69, 9.17) is 14.2 Å². The highest BCUT2D eigenvalue weighted by Gasteiger charge is 2.26. The van der Waals surface area contributed by atoms with Crippen LogP contribution in [-0.4, -0.2) is 47.4 Å². The molecule has 0 saturated carbocycles. The summed E-state index contributed by atoms with van der Waals surface area (Å²) in [6, 6.07) is 10.6. The van der Waals surface area contributed by atoms with Gasteiger partial charge in [0.15, 0.2) is 0 Å². The van der Waals surface area contributed by atoms with E-state index in [1.807, 2.05) is 0 Å². The number of pyridine rings is 1. The van der Waals surface area contributed by atoms with Crippen molar-refractivity contribution >= 4 is 45.2 Å². The van der Waals surface area contributed by atoms with Crippen molar-refractivity contribution in [1.82, 2.24) is 10.3 Å².